The van der Waals surface area contributed by atoms with Crippen LogP contribution in [0.2, 0.25) is 0 Å². The number of nitrogens with one attached hydrogen (secondary N) is 2. The number of fused-ring (bicyclic) bond motifs is 1. The molecule has 0 saturated carbocycles. The van der Waals surface area contributed by atoms with E-state index < -0.39 is 12.1 Å². The van der Waals surface area contributed by atoms with Crippen molar-refractivity contribution in [1.82, 2.24) is 4.98 Å². The summed E-state index contributed by atoms with van der Waals surface area (Å²) in [4.78, 5) is 26.4. The standard InChI is InChI=1S/C14H13BrN2O4/c1-3-6-21-14(19)17-11-9-7-8(15)4-5-10(9)16-12(11)13(18)20-2/h3-5,7,16H,1,6H2,2H3,(H,17,19). The van der Waals surface area contributed by atoms with Crippen molar-refractivity contribution in [3.05, 3.63) is 41.0 Å². The number of carbonyl (C=O) groups is 2. The van der Waals surface area contributed by atoms with Gasteiger partial charge in [0.15, 0.2) is 0 Å². The average Bonchev–Trinajstić information content (AvgIpc) is 2.82. The maximum Gasteiger partial charge on any atom is 0.412 e. The molecule has 0 spiro atoms. The number of rotatable bonds is 4. The summed E-state index contributed by atoms with van der Waals surface area (Å²) < 4.78 is 10.4. The molecule has 7 heteroatoms. The summed E-state index contributed by atoms with van der Waals surface area (Å²) in [6, 6.07) is 5.38. The molecule has 0 radical (unpaired) electrons. The number of H-pyrrole nitrogens is 1. The molecule has 0 aliphatic heterocycles. The lowest BCUT2D eigenvalue weighted by Gasteiger charge is -2.06. The van der Waals surface area contributed by atoms with Gasteiger partial charge < -0.3 is 14.5 Å². The van der Waals surface area contributed by atoms with Crippen LogP contribution in [0.3, 0.4) is 0 Å². The van der Waals surface area contributed by atoms with Gasteiger partial charge in [-0.15, -0.1) is 0 Å². The zero-order valence-corrected chi connectivity index (χ0v) is 12.8. The summed E-state index contributed by atoms with van der Waals surface area (Å²) >= 11 is 3.35. The van der Waals surface area contributed by atoms with Crippen LogP contribution in [-0.2, 0) is 9.47 Å². The number of halogens is 1. The number of amides is 1. The fraction of sp³-hybridized carbons (Fsp3) is 0.143. The molecule has 0 unspecified atom stereocenters. The molecule has 2 N–H and O–H groups in total. The van der Waals surface area contributed by atoms with Gasteiger partial charge in [-0.05, 0) is 18.2 Å². The number of carbonyl (C=O) groups excluding carboxylic acids is 2. The van der Waals surface area contributed by atoms with E-state index in [1.165, 1.54) is 13.2 Å². The van der Waals surface area contributed by atoms with Crippen molar-refractivity contribution >= 4 is 44.6 Å². The maximum atomic E-state index is 11.8. The van der Waals surface area contributed by atoms with Crippen molar-refractivity contribution < 1.29 is 19.1 Å². The second-order valence-electron chi connectivity index (χ2n) is 4.07. The van der Waals surface area contributed by atoms with Gasteiger partial charge in [-0.3, -0.25) is 5.32 Å². The minimum atomic E-state index is -0.680. The Kier molecular flexibility index (Phi) is 4.64. The molecule has 0 saturated heterocycles. The summed E-state index contributed by atoms with van der Waals surface area (Å²) in [6.07, 6.45) is 0.771. The first kappa shape index (κ1) is 15.1. The van der Waals surface area contributed by atoms with Gasteiger partial charge in [-0.2, -0.15) is 0 Å². The molecule has 0 atom stereocenters. The third kappa shape index (κ3) is 3.25. The van der Waals surface area contributed by atoms with E-state index in [-0.39, 0.29) is 12.3 Å². The van der Waals surface area contributed by atoms with Crippen LogP contribution in [0.25, 0.3) is 10.9 Å². The predicted molar refractivity (Wildman–Crippen MR) is 82.5 cm³/mol. The molecule has 2 aromatic rings. The number of anilines is 1. The lowest BCUT2D eigenvalue weighted by Crippen LogP contribution is -2.16. The minimum absolute atomic E-state index is 0.0748. The third-order valence-electron chi connectivity index (χ3n) is 2.71. The van der Waals surface area contributed by atoms with Crippen molar-refractivity contribution in [2.24, 2.45) is 0 Å². The Bertz CT molecular complexity index is 708. The minimum Gasteiger partial charge on any atom is -0.464 e. The van der Waals surface area contributed by atoms with Gasteiger partial charge in [0, 0.05) is 15.4 Å². The molecule has 21 heavy (non-hydrogen) atoms. The Morgan fingerprint density at radius 2 is 2.24 bits per heavy atom. The number of methoxy groups -OCH3 is 1. The van der Waals surface area contributed by atoms with E-state index in [0.29, 0.717) is 16.6 Å². The van der Waals surface area contributed by atoms with Crippen molar-refractivity contribution in [3.63, 3.8) is 0 Å². The Labute approximate surface area is 129 Å². The summed E-state index contributed by atoms with van der Waals surface area (Å²) in [7, 11) is 1.27. The molecule has 1 aromatic carbocycles. The summed E-state index contributed by atoms with van der Waals surface area (Å²) in [5, 5.41) is 3.22. The molecule has 0 aliphatic carbocycles. The molecule has 1 heterocycles. The molecular formula is C14H13BrN2O4. The second kappa shape index (κ2) is 6.45. The zero-order chi connectivity index (χ0) is 15.4. The fourth-order valence-electron chi connectivity index (χ4n) is 1.82. The van der Waals surface area contributed by atoms with Gasteiger partial charge in [-0.1, -0.05) is 28.6 Å². The number of hydrogen-bond acceptors (Lipinski definition) is 4. The van der Waals surface area contributed by atoms with Gasteiger partial charge in [0.05, 0.1) is 12.8 Å². The van der Waals surface area contributed by atoms with Crippen molar-refractivity contribution in [3.8, 4) is 0 Å². The van der Waals surface area contributed by atoms with E-state index in [2.05, 4.69) is 32.8 Å². The van der Waals surface area contributed by atoms with Crippen molar-refractivity contribution in [2.45, 2.75) is 0 Å². The first-order valence-corrected chi connectivity index (χ1v) is 6.80. The van der Waals surface area contributed by atoms with Gasteiger partial charge in [0.2, 0.25) is 0 Å². The van der Waals surface area contributed by atoms with Crippen LogP contribution < -0.4 is 5.32 Å². The Hall–Kier alpha value is -2.28. The second-order valence-corrected chi connectivity index (χ2v) is 4.98. The van der Waals surface area contributed by atoms with E-state index in [1.807, 2.05) is 6.07 Å². The topological polar surface area (TPSA) is 80.4 Å². The van der Waals surface area contributed by atoms with Crippen LogP contribution in [0.1, 0.15) is 10.5 Å². The van der Waals surface area contributed by atoms with Gasteiger partial charge >= 0.3 is 12.1 Å². The average molecular weight is 353 g/mol. The number of esters is 1. The molecule has 1 amide bonds. The van der Waals surface area contributed by atoms with Crippen LogP contribution in [0.4, 0.5) is 10.5 Å². The van der Waals surface area contributed by atoms with Crippen molar-refractivity contribution in [1.29, 1.82) is 0 Å². The smallest absolute Gasteiger partial charge is 0.412 e. The Morgan fingerprint density at radius 1 is 1.48 bits per heavy atom. The van der Waals surface area contributed by atoms with Crippen LogP contribution in [0.15, 0.2) is 35.3 Å². The van der Waals surface area contributed by atoms with E-state index >= 15 is 0 Å². The third-order valence-corrected chi connectivity index (χ3v) is 3.20. The first-order chi connectivity index (χ1) is 10.1. The van der Waals surface area contributed by atoms with Crippen molar-refractivity contribution in [2.75, 3.05) is 19.0 Å². The lowest BCUT2D eigenvalue weighted by molar-refractivity contribution is 0.0596. The Balaban J connectivity index is 2.46. The molecule has 110 valence electrons. The number of benzene rings is 1. The van der Waals surface area contributed by atoms with Gasteiger partial charge in [0.25, 0.3) is 0 Å². The zero-order valence-electron chi connectivity index (χ0n) is 11.2. The molecule has 0 aliphatic rings. The van der Waals surface area contributed by atoms with Crippen LogP contribution in [0.5, 0.6) is 0 Å². The fourth-order valence-corrected chi connectivity index (χ4v) is 2.18. The quantitative estimate of drug-likeness (QED) is 0.652. The molecular weight excluding hydrogens is 340 g/mol. The molecule has 2 rings (SSSR count). The highest BCUT2D eigenvalue weighted by Gasteiger charge is 2.20. The van der Waals surface area contributed by atoms with Crippen LogP contribution in [0, 0.1) is 0 Å². The lowest BCUT2D eigenvalue weighted by atomic mass is 10.2. The van der Waals surface area contributed by atoms with E-state index in [1.54, 1.807) is 12.1 Å². The molecule has 0 fully saturated rings. The molecule has 0 bridgehead atoms. The van der Waals surface area contributed by atoms with E-state index in [9.17, 15) is 9.59 Å². The number of aromatic amines is 1. The summed E-state index contributed by atoms with van der Waals surface area (Å²) in [6.45, 7) is 3.53. The number of aromatic nitrogens is 1. The number of ether oxygens (including phenoxy) is 2. The first-order valence-electron chi connectivity index (χ1n) is 6.01. The Morgan fingerprint density at radius 3 is 2.90 bits per heavy atom. The van der Waals surface area contributed by atoms with Gasteiger partial charge in [0.1, 0.15) is 12.3 Å². The highest BCUT2D eigenvalue weighted by Crippen LogP contribution is 2.30. The van der Waals surface area contributed by atoms with Gasteiger partial charge in [-0.25, -0.2) is 9.59 Å². The van der Waals surface area contributed by atoms with E-state index in [4.69, 9.17) is 9.47 Å². The van der Waals surface area contributed by atoms with Crippen LogP contribution >= 0.6 is 15.9 Å². The summed E-state index contributed by atoms with van der Waals surface area (Å²) in [5.41, 5.74) is 1.16. The molecule has 1 aromatic heterocycles. The largest absolute Gasteiger partial charge is 0.464 e. The van der Waals surface area contributed by atoms with Crippen LogP contribution in [-0.4, -0.2) is 30.8 Å². The predicted octanol–water partition coefficient (Wildman–Crippen LogP) is 3.45. The SMILES string of the molecule is C=CCOC(=O)Nc1c(C(=O)OC)[nH]c2ccc(Br)cc12. The maximum absolute atomic E-state index is 11.8. The van der Waals surface area contributed by atoms with E-state index in [0.717, 1.165) is 4.47 Å². The number of hydrogen-bond donors (Lipinski definition) is 2. The molecule has 6 nitrogen and oxygen atoms in total. The highest BCUT2D eigenvalue weighted by atomic mass is 79.9. The summed E-state index contributed by atoms with van der Waals surface area (Å²) in [5.74, 6) is -0.582. The highest BCUT2D eigenvalue weighted by molar-refractivity contribution is 9.10. The monoisotopic (exact) mass is 352 g/mol. The normalized spacial score (nSPS) is 10.2.